The first-order valence-electron chi connectivity index (χ1n) is 9.26. The Labute approximate surface area is 149 Å². The van der Waals surface area contributed by atoms with Crippen LogP contribution in [0.4, 0.5) is 4.79 Å². The number of morpholine rings is 1. The number of amides is 2. The Hall–Kier alpha value is -1.60. The van der Waals surface area contributed by atoms with E-state index < -0.39 is 0 Å². The van der Waals surface area contributed by atoms with Crippen LogP contribution in [-0.4, -0.2) is 72.5 Å². The van der Waals surface area contributed by atoms with Gasteiger partial charge in [0.15, 0.2) is 0 Å². The number of hydrogen-bond acceptors (Lipinski definition) is 5. The van der Waals surface area contributed by atoms with Gasteiger partial charge in [0, 0.05) is 49.7 Å². The summed E-state index contributed by atoms with van der Waals surface area (Å²) in [5.41, 5.74) is 2.00. The summed E-state index contributed by atoms with van der Waals surface area (Å²) < 4.78 is 10.7. The smallest absolute Gasteiger partial charge is 0.317 e. The lowest BCUT2D eigenvalue weighted by atomic mass is 10.00. The van der Waals surface area contributed by atoms with Crippen LogP contribution >= 0.6 is 0 Å². The van der Waals surface area contributed by atoms with E-state index in [1.165, 1.54) is 0 Å². The highest BCUT2D eigenvalue weighted by atomic mass is 16.5. The zero-order valence-electron chi connectivity index (χ0n) is 15.7. The minimum atomic E-state index is 0.0295. The molecule has 7 nitrogen and oxygen atoms in total. The summed E-state index contributed by atoms with van der Waals surface area (Å²) in [6.45, 7) is 13.0. The molecule has 140 valence electrons. The summed E-state index contributed by atoms with van der Waals surface area (Å²) in [4.78, 5) is 17.1. The first-order chi connectivity index (χ1) is 12.0. The van der Waals surface area contributed by atoms with Gasteiger partial charge in [-0.25, -0.2) is 4.79 Å². The van der Waals surface area contributed by atoms with Crippen LogP contribution in [0.2, 0.25) is 0 Å². The fourth-order valence-corrected chi connectivity index (χ4v) is 4.13. The number of carbonyl (C=O) groups is 1. The number of ether oxygens (including phenoxy) is 1. The number of nitrogens with one attached hydrogen (secondary N) is 1. The molecule has 0 aromatic carbocycles. The molecule has 2 aliphatic rings. The second-order valence-corrected chi connectivity index (χ2v) is 7.36. The van der Waals surface area contributed by atoms with Crippen LogP contribution < -0.4 is 5.32 Å². The Balaban J connectivity index is 1.52. The summed E-state index contributed by atoms with van der Waals surface area (Å²) in [5.74, 6) is 1.02. The highest BCUT2D eigenvalue weighted by Crippen LogP contribution is 2.24. The molecule has 2 saturated heterocycles. The van der Waals surface area contributed by atoms with Gasteiger partial charge in [-0.15, -0.1) is 0 Å². The minimum absolute atomic E-state index is 0.0295. The van der Waals surface area contributed by atoms with Gasteiger partial charge in [-0.05, 0) is 27.2 Å². The van der Waals surface area contributed by atoms with E-state index in [4.69, 9.17) is 9.26 Å². The highest BCUT2D eigenvalue weighted by Gasteiger charge is 2.36. The normalized spacial score (nSPS) is 26.0. The van der Waals surface area contributed by atoms with Gasteiger partial charge in [0.05, 0.1) is 18.9 Å². The SMILES string of the molecule is Cc1noc(C)c1C(C)CNC(=O)N1CC(N2CCOCC2)CC1C. The van der Waals surface area contributed by atoms with Gasteiger partial charge in [-0.3, -0.25) is 4.90 Å². The molecule has 2 aliphatic heterocycles. The average Bonchev–Trinajstić information content (AvgIpc) is 3.16. The van der Waals surface area contributed by atoms with Gasteiger partial charge in [0.2, 0.25) is 0 Å². The lowest BCUT2D eigenvalue weighted by molar-refractivity contribution is 0.0190. The topological polar surface area (TPSA) is 70.8 Å². The maximum atomic E-state index is 12.7. The molecule has 2 amide bonds. The van der Waals surface area contributed by atoms with Gasteiger partial charge < -0.3 is 19.5 Å². The molecule has 0 bridgehead atoms. The van der Waals surface area contributed by atoms with Crippen molar-refractivity contribution in [2.75, 3.05) is 39.4 Å². The number of rotatable bonds is 4. The molecule has 3 atom stereocenters. The average molecular weight is 350 g/mol. The zero-order valence-corrected chi connectivity index (χ0v) is 15.7. The highest BCUT2D eigenvalue weighted by molar-refractivity contribution is 5.75. The van der Waals surface area contributed by atoms with Crippen molar-refractivity contribution in [2.45, 2.75) is 52.1 Å². The first-order valence-corrected chi connectivity index (χ1v) is 9.26. The van der Waals surface area contributed by atoms with E-state index in [9.17, 15) is 4.79 Å². The van der Waals surface area contributed by atoms with Crippen molar-refractivity contribution < 1.29 is 14.1 Å². The van der Waals surface area contributed by atoms with Crippen LogP contribution in [-0.2, 0) is 4.74 Å². The summed E-state index contributed by atoms with van der Waals surface area (Å²) in [5, 5.41) is 7.10. The van der Waals surface area contributed by atoms with Crippen LogP contribution in [0.3, 0.4) is 0 Å². The van der Waals surface area contributed by atoms with Crippen molar-refractivity contribution in [1.82, 2.24) is 20.3 Å². The molecule has 1 aromatic rings. The molecule has 1 aromatic heterocycles. The molecule has 0 spiro atoms. The fourth-order valence-electron chi connectivity index (χ4n) is 4.13. The molecule has 3 heterocycles. The predicted molar refractivity (Wildman–Crippen MR) is 94.8 cm³/mol. The van der Waals surface area contributed by atoms with Crippen molar-refractivity contribution in [3.05, 3.63) is 17.0 Å². The van der Waals surface area contributed by atoms with Crippen molar-refractivity contribution in [3.8, 4) is 0 Å². The number of urea groups is 1. The third-order valence-corrected chi connectivity index (χ3v) is 5.52. The standard InChI is InChI=1S/C18H30N4O3/c1-12(17-14(3)20-25-15(17)4)10-19-18(23)22-11-16(9-13(22)2)21-5-7-24-8-6-21/h12-13,16H,5-11H2,1-4H3,(H,19,23). The van der Waals surface area contributed by atoms with E-state index >= 15 is 0 Å². The number of carbonyl (C=O) groups excluding carboxylic acids is 1. The molecule has 0 aliphatic carbocycles. The number of likely N-dealkylation sites (tertiary alicyclic amines) is 1. The van der Waals surface area contributed by atoms with Gasteiger partial charge in [0.1, 0.15) is 5.76 Å². The van der Waals surface area contributed by atoms with Crippen LogP contribution in [0.15, 0.2) is 4.52 Å². The van der Waals surface area contributed by atoms with Crippen molar-refractivity contribution in [1.29, 1.82) is 0 Å². The molecular formula is C18H30N4O3. The van der Waals surface area contributed by atoms with Crippen LogP contribution in [0, 0.1) is 13.8 Å². The maximum absolute atomic E-state index is 12.7. The number of aromatic nitrogens is 1. The zero-order chi connectivity index (χ0) is 18.0. The Morgan fingerprint density at radius 2 is 2.08 bits per heavy atom. The Bertz CT molecular complexity index is 578. The number of hydrogen-bond donors (Lipinski definition) is 1. The van der Waals surface area contributed by atoms with Crippen molar-refractivity contribution in [2.24, 2.45) is 0 Å². The number of aryl methyl sites for hydroxylation is 2. The van der Waals surface area contributed by atoms with E-state index in [0.717, 1.165) is 56.3 Å². The van der Waals surface area contributed by atoms with Crippen LogP contribution in [0.1, 0.15) is 43.2 Å². The number of nitrogens with zero attached hydrogens (tertiary/aromatic N) is 3. The fraction of sp³-hybridized carbons (Fsp3) is 0.778. The molecule has 3 unspecified atom stereocenters. The molecule has 7 heteroatoms. The molecule has 25 heavy (non-hydrogen) atoms. The second-order valence-electron chi connectivity index (χ2n) is 7.36. The van der Waals surface area contributed by atoms with Gasteiger partial charge >= 0.3 is 6.03 Å². The van der Waals surface area contributed by atoms with E-state index in [-0.39, 0.29) is 18.0 Å². The lowest BCUT2D eigenvalue weighted by Gasteiger charge is -2.32. The van der Waals surface area contributed by atoms with Crippen LogP contribution in [0.5, 0.6) is 0 Å². The van der Waals surface area contributed by atoms with Crippen molar-refractivity contribution in [3.63, 3.8) is 0 Å². The van der Waals surface area contributed by atoms with Gasteiger partial charge in [0.25, 0.3) is 0 Å². The molecular weight excluding hydrogens is 320 g/mol. The minimum Gasteiger partial charge on any atom is -0.379 e. The molecule has 0 saturated carbocycles. The molecule has 0 radical (unpaired) electrons. The Kier molecular flexibility index (Phi) is 5.64. The van der Waals surface area contributed by atoms with E-state index in [1.54, 1.807) is 0 Å². The lowest BCUT2D eigenvalue weighted by Crippen LogP contribution is -2.47. The van der Waals surface area contributed by atoms with Crippen LogP contribution in [0.25, 0.3) is 0 Å². The summed E-state index contributed by atoms with van der Waals surface area (Å²) in [7, 11) is 0. The first kappa shape index (κ1) is 18.2. The van der Waals surface area contributed by atoms with Gasteiger partial charge in [-0.1, -0.05) is 12.1 Å². The summed E-state index contributed by atoms with van der Waals surface area (Å²) >= 11 is 0. The van der Waals surface area contributed by atoms with Gasteiger partial charge in [-0.2, -0.15) is 0 Å². The maximum Gasteiger partial charge on any atom is 0.317 e. The van der Waals surface area contributed by atoms with Crippen molar-refractivity contribution >= 4 is 6.03 Å². The third-order valence-electron chi connectivity index (χ3n) is 5.52. The molecule has 2 fully saturated rings. The largest absolute Gasteiger partial charge is 0.379 e. The molecule has 3 rings (SSSR count). The Morgan fingerprint density at radius 3 is 2.72 bits per heavy atom. The monoisotopic (exact) mass is 350 g/mol. The quantitative estimate of drug-likeness (QED) is 0.898. The van der Waals surface area contributed by atoms with E-state index in [2.05, 4.69) is 29.2 Å². The summed E-state index contributed by atoms with van der Waals surface area (Å²) in [6.07, 6.45) is 1.03. The summed E-state index contributed by atoms with van der Waals surface area (Å²) in [6, 6.07) is 0.744. The molecule has 1 N–H and O–H groups in total. The van der Waals surface area contributed by atoms with E-state index in [1.807, 2.05) is 18.7 Å². The predicted octanol–water partition coefficient (Wildman–Crippen LogP) is 1.90. The third kappa shape index (κ3) is 3.98. The Morgan fingerprint density at radius 1 is 1.36 bits per heavy atom. The van der Waals surface area contributed by atoms with E-state index in [0.29, 0.717) is 12.6 Å². The second kappa shape index (κ2) is 7.74.